The Hall–Kier alpha value is -3.82. The van der Waals surface area contributed by atoms with E-state index in [9.17, 15) is 27.2 Å². The molecule has 2 heterocycles. The van der Waals surface area contributed by atoms with Crippen LogP contribution in [-0.2, 0) is 22.4 Å². The number of carboxylic acid groups (broad SMARTS) is 2. The first kappa shape index (κ1) is 21.9. The van der Waals surface area contributed by atoms with Gasteiger partial charge in [0.25, 0.3) is 0 Å². The molecule has 31 heavy (non-hydrogen) atoms. The van der Waals surface area contributed by atoms with Gasteiger partial charge in [-0.2, -0.15) is 4.39 Å². The predicted molar refractivity (Wildman–Crippen MR) is 99.7 cm³/mol. The molecule has 0 spiro atoms. The highest BCUT2D eigenvalue weighted by Gasteiger charge is 2.27. The Kier molecular flexibility index (Phi) is 6.00. The smallest absolute Gasteiger partial charge is 0.307 e. The van der Waals surface area contributed by atoms with Crippen LogP contribution in [0.25, 0.3) is 21.9 Å². The standard InChI is InChI=1S/C11H6F4O3.C10H8O3/c1-3-4(2-5(16)17)6-7(12)8(13)9(14)10(15)11(6)18-3;11-10(12)5-7-6-13-9-4-2-1-3-8(7)9/h2H2,1H3,(H,16,17);1-4,6H,5H2,(H,11,12). The van der Waals surface area contributed by atoms with Crippen molar-refractivity contribution in [1.29, 1.82) is 0 Å². The van der Waals surface area contributed by atoms with Crippen molar-refractivity contribution in [2.24, 2.45) is 0 Å². The second kappa shape index (κ2) is 8.50. The molecule has 0 fully saturated rings. The van der Waals surface area contributed by atoms with E-state index in [2.05, 4.69) is 0 Å². The van der Waals surface area contributed by atoms with Gasteiger partial charge in [0.05, 0.1) is 24.5 Å². The van der Waals surface area contributed by atoms with Gasteiger partial charge < -0.3 is 19.0 Å². The molecule has 0 saturated carbocycles. The summed E-state index contributed by atoms with van der Waals surface area (Å²) in [6.45, 7) is 1.26. The number of hydrogen-bond acceptors (Lipinski definition) is 4. The first-order valence-electron chi connectivity index (χ1n) is 8.74. The molecule has 0 bridgehead atoms. The minimum absolute atomic E-state index is 0.0109. The van der Waals surface area contributed by atoms with Gasteiger partial charge in [0.15, 0.2) is 17.2 Å². The van der Waals surface area contributed by atoms with Gasteiger partial charge in [0.1, 0.15) is 11.3 Å². The van der Waals surface area contributed by atoms with Crippen LogP contribution in [0.15, 0.2) is 39.4 Å². The fourth-order valence-electron chi connectivity index (χ4n) is 3.06. The van der Waals surface area contributed by atoms with Crippen molar-refractivity contribution in [1.82, 2.24) is 0 Å². The summed E-state index contributed by atoms with van der Waals surface area (Å²) in [5, 5.41) is 17.4. The van der Waals surface area contributed by atoms with E-state index < -0.39 is 52.6 Å². The van der Waals surface area contributed by atoms with Gasteiger partial charge >= 0.3 is 11.9 Å². The zero-order valence-electron chi connectivity index (χ0n) is 15.8. The van der Waals surface area contributed by atoms with Crippen LogP contribution < -0.4 is 0 Å². The Balaban J connectivity index is 0.000000185. The van der Waals surface area contributed by atoms with E-state index in [0.29, 0.717) is 0 Å². The lowest BCUT2D eigenvalue weighted by molar-refractivity contribution is -0.137. The summed E-state index contributed by atoms with van der Waals surface area (Å²) >= 11 is 0. The van der Waals surface area contributed by atoms with Crippen LogP contribution in [0, 0.1) is 30.2 Å². The fraction of sp³-hybridized carbons (Fsp3) is 0.143. The van der Waals surface area contributed by atoms with Crippen molar-refractivity contribution in [3.05, 3.63) is 70.7 Å². The highest BCUT2D eigenvalue weighted by Crippen LogP contribution is 2.33. The van der Waals surface area contributed by atoms with Gasteiger partial charge in [-0.1, -0.05) is 18.2 Å². The number of fused-ring (bicyclic) bond motifs is 2. The number of carbonyl (C=O) groups is 2. The van der Waals surface area contributed by atoms with Crippen molar-refractivity contribution < 1.29 is 46.2 Å². The second-order valence-electron chi connectivity index (χ2n) is 6.49. The lowest BCUT2D eigenvalue weighted by Crippen LogP contribution is -2.03. The molecule has 162 valence electrons. The zero-order valence-corrected chi connectivity index (χ0v) is 15.8. The second-order valence-corrected chi connectivity index (χ2v) is 6.49. The van der Waals surface area contributed by atoms with Crippen molar-refractivity contribution in [3.8, 4) is 0 Å². The van der Waals surface area contributed by atoms with Crippen LogP contribution in [-0.4, -0.2) is 22.2 Å². The number of para-hydroxylation sites is 1. The van der Waals surface area contributed by atoms with Crippen LogP contribution in [0.5, 0.6) is 0 Å². The van der Waals surface area contributed by atoms with E-state index in [4.69, 9.17) is 19.0 Å². The first-order valence-corrected chi connectivity index (χ1v) is 8.74. The molecule has 6 nitrogen and oxygen atoms in total. The molecule has 4 aromatic rings. The van der Waals surface area contributed by atoms with E-state index in [1.165, 1.54) is 13.2 Å². The SMILES string of the molecule is Cc1oc2c(F)c(F)c(F)c(F)c2c1CC(=O)O.O=C(O)Cc1coc2ccccc12. The third-order valence-corrected chi connectivity index (χ3v) is 4.44. The largest absolute Gasteiger partial charge is 0.481 e. The maximum atomic E-state index is 13.5. The Bertz CT molecular complexity index is 1300. The van der Waals surface area contributed by atoms with Crippen LogP contribution in [0.2, 0.25) is 0 Å². The number of aryl methyl sites for hydroxylation is 1. The van der Waals surface area contributed by atoms with Gasteiger partial charge in [-0.15, -0.1) is 0 Å². The summed E-state index contributed by atoms with van der Waals surface area (Å²) in [6.07, 6.45) is 0.829. The highest BCUT2D eigenvalue weighted by molar-refractivity contribution is 5.87. The summed E-state index contributed by atoms with van der Waals surface area (Å²) in [5.41, 5.74) is 0.426. The topological polar surface area (TPSA) is 101 Å². The average Bonchev–Trinajstić information content (AvgIpc) is 3.26. The Morgan fingerprint density at radius 2 is 1.52 bits per heavy atom. The van der Waals surface area contributed by atoms with Gasteiger partial charge in [0, 0.05) is 16.5 Å². The van der Waals surface area contributed by atoms with E-state index in [0.717, 1.165) is 16.5 Å². The molecular weight excluding hydrogens is 424 g/mol. The van der Waals surface area contributed by atoms with Gasteiger partial charge in [-0.25, -0.2) is 13.2 Å². The molecule has 2 aromatic heterocycles. The molecule has 2 N–H and O–H groups in total. The third-order valence-electron chi connectivity index (χ3n) is 4.44. The number of benzene rings is 2. The van der Waals surface area contributed by atoms with Gasteiger partial charge in [-0.3, -0.25) is 9.59 Å². The van der Waals surface area contributed by atoms with Crippen LogP contribution >= 0.6 is 0 Å². The monoisotopic (exact) mass is 438 g/mol. The van der Waals surface area contributed by atoms with E-state index >= 15 is 0 Å². The molecule has 0 saturated heterocycles. The maximum Gasteiger partial charge on any atom is 0.307 e. The molecule has 0 unspecified atom stereocenters. The van der Waals surface area contributed by atoms with Crippen LogP contribution in [0.1, 0.15) is 16.9 Å². The Labute approximate surface area is 171 Å². The van der Waals surface area contributed by atoms with E-state index in [1.807, 2.05) is 24.3 Å². The summed E-state index contributed by atoms with van der Waals surface area (Å²) in [7, 11) is 0. The van der Waals surface area contributed by atoms with Crippen molar-refractivity contribution >= 4 is 33.9 Å². The molecule has 0 atom stereocenters. The lowest BCUT2D eigenvalue weighted by atomic mass is 10.1. The summed E-state index contributed by atoms with van der Waals surface area (Å²) in [5.74, 6) is -9.59. The fourth-order valence-corrected chi connectivity index (χ4v) is 3.06. The number of furan rings is 2. The van der Waals surface area contributed by atoms with E-state index in [-0.39, 0.29) is 17.7 Å². The van der Waals surface area contributed by atoms with E-state index in [1.54, 1.807) is 0 Å². The van der Waals surface area contributed by atoms with Crippen LogP contribution in [0.4, 0.5) is 17.6 Å². The highest BCUT2D eigenvalue weighted by atomic mass is 19.2. The molecule has 4 rings (SSSR count). The molecule has 10 heteroatoms. The number of hydrogen-bond donors (Lipinski definition) is 2. The minimum Gasteiger partial charge on any atom is -0.481 e. The molecule has 0 aliphatic carbocycles. The average molecular weight is 438 g/mol. The third kappa shape index (κ3) is 4.23. The zero-order chi connectivity index (χ0) is 22.9. The first-order chi connectivity index (χ1) is 14.6. The lowest BCUT2D eigenvalue weighted by Gasteiger charge is -2.00. The van der Waals surface area contributed by atoms with Crippen molar-refractivity contribution in [2.75, 3.05) is 0 Å². The molecule has 0 amide bonds. The number of halogens is 4. The van der Waals surface area contributed by atoms with Crippen molar-refractivity contribution in [3.63, 3.8) is 0 Å². The number of aliphatic carboxylic acids is 2. The summed E-state index contributed by atoms with van der Waals surface area (Å²) < 4.78 is 62.9. The number of rotatable bonds is 4. The molecule has 0 aliphatic heterocycles. The minimum atomic E-state index is -1.99. The van der Waals surface area contributed by atoms with Gasteiger partial charge in [0.2, 0.25) is 11.6 Å². The van der Waals surface area contributed by atoms with Gasteiger partial charge in [-0.05, 0) is 13.0 Å². The normalized spacial score (nSPS) is 10.9. The maximum absolute atomic E-state index is 13.5. The Morgan fingerprint density at radius 3 is 2.16 bits per heavy atom. The molecule has 2 aromatic carbocycles. The Morgan fingerprint density at radius 1 is 0.903 bits per heavy atom. The molecular formula is C21H14F4O6. The quantitative estimate of drug-likeness (QED) is 0.265. The molecule has 0 aliphatic rings. The predicted octanol–water partition coefficient (Wildman–Crippen LogP) is 4.98. The molecule has 0 radical (unpaired) electrons. The van der Waals surface area contributed by atoms with Crippen LogP contribution in [0.3, 0.4) is 0 Å². The summed E-state index contributed by atoms with van der Waals surface area (Å²) in [4.78, 5) is 21.1. The number of carboxylic acids is 2. The summed E-state index contributed by atoms with van der Waals surface area (Å²) in [6, 6.07) is 7.40. The van der Waals surface area contributed by atoms with Crippen molar-refractivity contribution in [2.45, 2.75) is 19.8 Å².